The predicted octanol–water partition coefficient (Wildman–Crippen LogP) is 2.39. The molecule has 1 fully saturated rings. The van der Waals surface area contributed by atoms with Gasteiger partial charge in [-0.15, -0.1) is 17.5 Å². The van der Waals surface area contributed by atoms with E-state index in [0.717, 1.165) is 37.9 Å². The van der Waals surface area contributed by atoms with Gasteiger partial charge >= 0.3 is 0 Å². The molecule has 0 saturated carbocycles. The standard InChI is InChI=1S/C19H24N6O.ClH/c1-13-3-2-4-16-18(13)14(11-22-16)5-10-21-19(26)17-12-25(24-23-17)15-6-8-20-9-7-15;/h2-4,11-12,15,20,22H,5-10H2,1H3,(H,21,26);1H. The molecule has 1 aromatic carbocycles. The minimum absolute atomic E-state index is 0. The molecule has 1 saturated heterocycles. The number of aromatic amines is 1. The normalized spacial score (nSPS) is 14.9. The van der Waals surface area contributed by atoms with Crippen LogP contribution in [0.1, 0.15) is 40.5 Å². The molecule has 0 radical (unpaired) electrons. The molecule has 3 N–H and O–H groups in total. The van der Waals surface area contributed by atoms with Crippen LogP contribution in [0, 0.1) is 6.92 Å². The molecule has 8 heteroatoms. The van der Waals surface area contributed by atoms with Gasteiger partial charge in [0, 0.05) is 23.6 Å². The molecule has 0 unspecified atom stereocenters. The maximum absolute atomic E-state index is 12.4. The number of halogens is 1. The molecule has 3 heterocycles. The third-order valence-electron chi connectivity index (χ3n) is 5.10. The van der Waals surface area contributed by atoms with E-state index < -0.39 is 0 Å². The van der Waals surface area contributed by atoms with Gasteiger partial charge in [0.15, 0.2) is 5.69 Å². The predicted molar refractivity (Wildman–Crippen MR) is 107 cm³/mol. The highest BCUT2D eigenvalue weighted by molar-refractivity contribution is 5.92. The molecule has 0 aliphatic carbocycles. The quantitative estimate of drug-likeness (QED) is 0.626. The van der Waals surface area contributed by atoms with Crippen LogP contribution < -0.4 is 10.6 Å². The van der Waals surface area contributed by atoms with Crippen LogP contribution in [-0.2, 0) is 6.42 Å². The first-order chi connectivity index (χ1) is 12.7. The van der Waals surface area contributed by atoms with E-state index in [1.54, 1.807) is 6.20 Å². The first-order valence-corrected chi connectivity index (χ1v) is 9.18. The van der Waals surface area contributed by atoms with Gasteiger partial charge in [0.1, 0.15) is 0 Å². The molecule has 0 spiro atoms. The second-order valence-electron chi connectivity index (χ2n) is 6.88. The van der Waals surface area contributed by atoms with Crippen LogP contribution in [0.4, 0.5) is 0 Å². The minimum Gasteiger partial charge on any atom is -0.361 e. The largest absolute Gasteiger partial charge is 0.361 e. The van der Waals surface area contributed by atoms with Gasteiger partial charge in [-0.25, -0.2) is 4.68 Å². The Hall–Kier alpha value is -2.38. The Bertz CT molecular complexity index is 912. The van der Waals surface area contributed by atoms with E-state index in [1.807, 2.05) is 16.9 Å². The third kappa shape index (κ3) is 4.14. The maximum atomic E-state index is 12.4. The Balaban J connectivity index is 0.00000210. The van der Waals surface area contributed by atoms with Crippen LogP contribution in [0.2, 0.25) is 0 Å². The molecule has 2 aromatic heterocycles. The van der Waals surface area contributed by atoms with E-state index >= 15 is 0 Å². The van der Waals surface area contributed by atoms with Crippen LogP contribution in [0.3, 0.4) is 0 Å². The number of H-pyrrole nitrogens is 1. The Morgan fingerprint density at radius 3 is 2.96 bits per heavy atom. The first kappa shape index (κ1) is 19.4. The summed E-state index contributed by atoms with van der Waals surface area (Å²) >= 11 is 0. The van der Waals surface area contributed by atoms with Crippen molar-refractivity contribution in [3.63, 3.8) is 0 Å². The number of piperidine rings is 1. The zero-order valence-electron chi connectivity index (χ0n) is 15.4. The molecule has 1 aliphatic rings. The van der Waals surface area contributed by atoms with E-state index in [1.165, 1.54) is 16.5 Å². The van der Waals surface area contributed by atoms with Crippen LogP contribution in [0.25, 0.3) is 10.9 Å². The number of benzene rings is 1. The SMILES string of the molecule is Cc1cccc2[nH]cc(CCNC(=O)c3cn(C4CCNCC4)nn3)c12.Cl. The molecular formula is C19H25ClN6O. The molecule has 7 nitrogen and oxygen atoms in total. The molecule has 1 aliphatic heterocycles. The van der Waals surface area contributed by atoms with E-state index in [0.29, 0.717) is 18.3 Å². The summed E-state index contributed by atoms with van der Waals surface area (Å²) in [7, 11) is 0. The Kier molecular flexibility index (Phi) is 6.13. The fourth-order valence-electron chi connectivity index (χ4n) is 3.68. The van der Waals surface area contributed by atoms with Gasteiger partial charge in [-0.2, -0.15) is 0 Å². The van der Waals surface area contributed by atoms with Crippen molar-refractivity contribution >= 4 is 29.2 Å². The van der Waals surface area contributed by atoms with Crippen molar-refractivity contribution in [3.05, 3.63) is 47.4 Å². The summed E-state index contributed by atoms with van der Waals surface area (Å²) in [6.07, 6.45) is 6.60. The number of carbonyl (C=O) groups is 1. The topological polar surface area (TPSA) is 87.6 Å². The summed E-state index contributed by atoms with van der Waals surface area (Å²) in [6, 6.07) is 6.56. The Morgan fingerprint density at radius 2 is 2.15 bits per heavy atom. The maximum Gasteiger partial charge on any atom is 0.273 e. The van der Waals surface area contributed by atoms with E-state index in [4.69, 9.17) is 0 Å². The summed E-state index contributed by atoms with van der Waals surface area (Å²) in [5.41, 5.74) is 3.99. The van der Waals surface area contributed by atoms with Gasteiger partial charge in [0.25, 0.3) is 5.91 Å². The van der Waals surface area contributed by atoms with Crippen LogP contribution in [0.5, 0.6) is 0 Å². The number of carbonyl (C=O) groups excluding carboxylic acids is 1. The number of aromatic nitrogens is 4. The molecule has 3 aromatic rings. The minimum atomic E-state index is -0.165. The number of hydrogen-bond donors (Lipinski definition) is 3. The number of hydrogen-bond acceptors (Lipinski definition) is 4. The van der Waals surface area contributed by atoms with Crippen molar-refractivity contribution in [1.29, 1.82) is 0 Å². The van der Waals surface area contributed by atoms with Gasteiger partial charge in [0.2, 0.25) is 0 Å². The van der Waals surface area contributed by atoms with Crippen molar-refractivity contribution < 1.29 is 4.79 Å². The van der Waals surface area contributed by atoms with Crippen molar-refractivity contribution in [1.82, 2.24) is 30.6 Å². The summed E-state index contributed by atoms with van der Waals surface area (Å²) in [5.74, 6) is -0.165. The summed E-state index contributed by atoms with van der Waals surface area (Å²) in [6.45, 7) is 4.64. The number of rotatable bonds is 5. The molecule has 0 bridgehead atoms. The Labute approximate surface area is 164 Å². The lowest BCUT2D eigenvalue weighted by Crippen LogP contribution is -2.29. The number of aryl methyl sites for hydroxylation is 1. The third-order valence-corrected chi connectivity index (χ3v) is 5.10. The number of fused-ring (bicyclic) bond motifs is 1. The highest BCUT2D eigenvalue weighted by Gasteiger charge is 2.18. The zero-order chi connectivity index (χ0) is 17.9. The second kappa shape index (κ2) is 8.54. The lowest BCUT2D eigenvalue weighted by atomic mass is 10.1. The van der Waals surface area contributed by atoms with E-state index in [-0.39, 0.29) is 18.3 Å². The fraction of sp³-hybridized carbons (Fsp3) is 0.421. The van der Waals surface area contributed by atoms with Crippen LogP contribution in [0.15, 0.2) is 30.6 Å². The van der Waals surface area contributed by atoms with Gasteiger partial charge in [-0.05, 0) is 56.5 Å². The molecule has 0 atom stereocenters. The van der Waals surface area contributed by atoms with Crippen molar-refractivity contribution in [2.75, 3.05) is 19.6 Å². The molecule has 144 valence electrons. The lowest BCUT2D eigenvalue weighted by Gasteiger charge is -2.22. The first-order valence-electron chi connectivity index (χ1n) is 9.18. The number of nitrogens with zero attached hydrogens (tertiary/aromatic N) is 3. The number of amides is 1. The van der Waals surface area contributed by atoms with Crippen molar-refractivity contribution in [3.8, 4) is 0 Å². The average molecular weight is 389 g/mol. The fourth-order valence-corrected chi connectivity index (χ4v) is 3.68. The lowest BCUT2D eigenvalue weighted by molar-refractivity contribution is 0.0949. The zero-order valence-corrected chi connectivity index (χ0v) is 16.2. The smallest absolute Gasteiger partial charge is 0.273 e. The van der Waals surface area contributed by atoms with Gasteiger partial charge in [0.05, 0.1) is 12.2 Å². The van der Waals surface area contributed by atoms with Gasteiger partial charge in [-0.3, -0.25) is 4.79 Å². The van der Waals surface area contributed by atoms with Crippen molar-refractivity contribution in [2.45, 2.75) is 32.2 Å². The molecule has 4 rings (SSSR count). The van der Waals surface area contributed by atoms with E-state index in [9.17, 15) is 4.79 Å². The summed E-state index contributed by atoms with van der Waals surface area (Å²) in [4.78, 5) is 15.6. The number of nitrogens with one attached hydrogen (secondary N) is 3. The van der Waals surface area contributed by atoms with Crippen LogP contribution in [-0.4, -0.2) is 45.5 Å². The van der Waals surface area contributed by atoms with Crippen LogP contribution >= 0.6 is 12.4 Å². The Morgan fingerprint density at radius 1 is 1.33 bits per heavy atom. The highest BCUT2D eigenvalue weighted by atomic mass is 35.5. The monoisotopic (exact) mass is 388 g/mol. The average Bonchev–Trinajstić information content (AvgIpc) is 3.31. The summed E-state index contributed by atoms with van der Waals surface area (Å²) < 4.78 is 1.83. The van der Waals surface area contributed by atoms with Gasteiger partial charge in [-0.1, -0.05) is 17.3 Å². The highest BCUT2D eigenvalue weighted by Crippen LogP contribution is 2.22. The second-order valence-corrected chi connectivity index (χ2v) is 6.88. The van der Waals surface area contributed by atoms with Crippen molar-refractivity contribution in [2.24, 2.45) is 0 Å². The summed E-state index contributed by atoms with van der Waals surface area (Å²) in [5, 5.41) is 15.7. The van der Waals surface area contributed by atoms with Gasteiger partial charge < -0.3 is 15.6 Å². The molecule has 27 heavy (non-hydrogen) atoms. The molecule has 1 amide bonds. The van der Waals surface area contributed by atoms with E-state index in [2.05, 4.69) is 45.0 Å². The molecular weight excluding hydrogens is 364 g/mol.